The maximum absolute atomic E-state index is 11.6. The first kappa shape index (κ1) is 19.4. The van der Waals surface area contributed by atoms with Gasteiger partial charge in [-0.25, -0.2) is 18.1 Å². The molecule has 0 spiro atoms. The van der Waals surface area contributed by atoms with Crippen LogP contribution in [-0.4, -0.2) is 45.7 Å². The van der Waals surface area contributed by atoms with E-state index in [1.165, 1.54) is 25.4 Å². The molecular formula is C16H20N2O5S2. The fourth-order valence-electron chi connectivity index (χ4n) is 2.16. The lowest BCUT2D eigenvalue weighted by Crippen LogP contribution is -2.26. The number of hydrogen-bond donors (Lipinski definition) is 1. The van der Waals surface area contributed by atoms with Crippen molar-refractivity contribution in [1.82, 2.24) is 9.71 Å². The van der Waals surface area contributed by atoms with Crippen molar-refractivity contribution in [2.75, 3.05) is 26.5 Å². The molecule has 2 aromatic rings. The van der Waals surface area contributed by atoms with Crippen LogP contribution in [0.1, 0.15) is 22.3 Å². The Bertz CT molecular complexity index is 875. The van der Waals surface area contributed by atoms with E-state index < -0.39 is 10.0 Å². The molecule has 7 nitrogen and oxygen atoms in total. The van der Waals surface area contributed by atoms with Crippen LogP contribution in [0, 0.1) is 6.92 Å². The monoisotopic (exact) mass is 384 g/mol. The van der Waals surface area contributed by atoms with Crippen molar-refractivity contribution in [2.45, 2.75) is 13.8 Å². The van der Waals surface area contributed by atoms with Crippen molar-refractivity contribution in [2.24, 2.45) is 0 Å². The van der Waals surface area contributed by atoms with E-state index in [2.05, 4.69) is 9.71 Å². The number of hydrogen-bond acceptors (Lipinski definition) is 7. The highest BCUT2D eigenvalue weighted by Gasteiger charge is 2.15. The van der Waals surface area contributed by atoms with E-state index in [-0.39, 0.29) is 18.9 Å². The van der Waals surface area contributed by atoms with Crippen LogP contribution >= 0.6 is 11.3 Å². The van der Waals surface area contributed by atoms with Crippen LogP contribution < -0.4 is 14.2 Å². The van der Waals surface area contributed by atoms with Crippen LogP contribution in [0.5, 0.6) is 11.5 Å². The molecule has 0 unspecified atom stereocenters. The lowest BCUT2D eigenvalue weighted by atomic mass is 10.2. The maximum Gasteiger partial charge on any atom is 0.208 e. The molecule has 0 saturated carbocycles. The summed E-state index contributed by atoms with van der Waals surface area (Å²) in [4.78, 5) is 16.8. The Balaban J connectivity index is 2.21. The largest absolute Gasteiger partial charge is 0.493 e. The van der Waals surface area contributed by atoms with E-state index in [1.54, 1.807) is 12.1 Å². The van der Waals surface area contributed by atoms with E-state index in [4.69, 9.17) is 9.47 Å². The Kier molecular flexibility index (Phi) is 6.15. The van der Waals surface area contributed by atoms with Crippen LogP contribution in [0.2, 0.25) is 0 Å². The molecule has 1 N–H and O–H groups in total. The number of Topliss-reactive ketones (excluding diaryl/α,β-unsaturated/α-hetero) is 1. The minimum absolute atomic E-state index is 0.0724. The number of ketones is 1. The van der Waals surface area contributed by atoms with Gasteiger partial charge in [-0.2, -0.15) is 0 Å². The smallest absolute Gasteiger partial charge is 0.208 e. The SMILES string of the molecule is COc1ccc(-c2nc(C(C)=O)c(C)s2)cc1OCCNS(C)(=O)=O. The first-order valence-corrected chi connectivity index (χ1v) is 10.2. The van der Waals surface area contributed by atoms with Crippen LogP contribution in [-0.2, 0) is 10.0 Å². The molecule has 0 aliphatic heterocycles. The summed E-state index contributed by atoms with van der Waals surface area (Å²) < 4.78 is 35.4. The normalized spacial score (nSPS) is 11.4. The van der Waals surface area contributed by atoms with Gasteiger partial charge in [0.15, 0.2) is 17.3 Å². The summed E-state index contributed by atoms with van der Waals surface area (Å²) >= 11 is 1.43. The minimum Gasteiger partial charge on any atom is -0.493 e. The molecule has 0 fully saturated rings. The second-order valence-corrected chi connectivity index (χ2v) is 8.40. The van der Waals surface area contributed by atoms with E-state index in [0.29, 0.717) is 22.2 Å². The zero-order chi connectivity index (χ0) is 18.6. The minimum atomic E-state index is -3.26. The highest BCUT2D eigenvalue weighted by atomic mass is 32.2. The zero-order valence-electron chi connectivity index (χ0n) is 14.5. The predicted octanol–water partition coefficient (Wildman–Crippen LogP) is 2.26. The summed E-state index contributed by atoms with van der Waals surface area (Å²) in [5, 5.41) is 0.712. The molecule has 25 heavy (non-hydrogen) atoms. The number of nitrogens with zero attached hydrogens (tertiary/aromatic N) is 1. The van der Waals surface area contributed by atoms with Gasteiger partial charge in [-0.05, 0) is 25.1 Å². The number of sulfonamides is 1. The van der Waals surface area contributed by atoms with Gasteiger partial charge in [-0.15, -0.1) is 11.3 Å². The molecule has 0 bridgehead atoms. The first-order valence-electron chi connectivity index (χ1n) is 7.45. The number of benzene rings is 1. The van der Waals surface area contributed by atoms with Crippen molar-refractivity contribution >= 4 is 27.1 Å². The molecule has 1 heterocycles. The molecule has 1 aromatic carbocycles. The molecule has 0 radical (unpaired) electrons. The van der Waals surface area contributed by atoms with E-state index in [0.717, 1.165) is 16.7 Å². The van der Waals surface area contributed by atoms with Crippen molar-refractivity contribution in [1.29, 1.82) is 0 Å². The van der Waals surface area contributed by atoms with Crippen LogP contribution in [0.4, 0.5) is 0 Å². The van der Waals surface area contributed by atoms with Gasteiger partial charge in [0, 0.05) is 23.9 Å². The molecule has 0 aliphatic rings. The predicted molar refractivity (Wildman–Crippen MR) is 97.2 cm³/mol. The number of rotatable bonds is 8. The van der Waals surface area contributed by atoms with Crippen LogP contribution in [0.25, 0.3) is 10.6 Å². The fraction of sp³-hybridized carbons (Fsp3) is 0.375. The number of carbonyl (C=O) groups is 1. The van der Waals surface area contributed by atoms with Crippen LogP contribution in [0.3, 0.4) is 0 Å². The summed E-state index contributed by atoms with van der Waals surface area (Å²) in [6.07, 6.45) is 1.09. The zero-order valence-corrected chi connectivity index (χ0v) is 16.1. The van der Waals surface area contributed by atoms with Gasteiger partial charge in [0.05, 0.1) is 13.4 Å². The number of aryl methyl sites for hydroxylation is 1. The van der Waals surface area contributed by atoms with Crippen molar-refractivity contribution in [3.8, 4) is 22.1 Å². The second kappa shape index (κ2) is 7.94. The van der Waals surface area contributed by atoms with E-state index >= 15 is 0 Å². The lowest BCUT2D eigenvalue weighted by Gasteiger charge is -2.12. The molecule has 0 saturated heterocycles. The van der Waals surface area contributed by atoms with Gasteiger partial charge in [0.2, 0.25) is 10.0 Å². The molecule has 0 aliphatic carbocycles. The highest BCUT2D eigenvalue weighted by molar-refractivity contribution is 7.88. The third-order valence-corrected chi connectivity index (χ3v) is 5.01. The third-order valence-electron chi connectivity index (χ3n) is 3.26. The summed E-state index contributed by atoms with van der Waals surface area (Å²) in [7, 11) is -1.73. The van der Waals surface area contributed by atoms with Gasteiger partial charge in [-0.3, -0.25) is 4.79 Å². The van der Waals surface area contributed by atoms with Gasteiger partial charge < -0.3 is 9.47 Å². The van der Waals surface area contributed by atoms with Gasteiger partial charge in [0.1, 0.15) is 17.3 Å². The summed E-state index contributed by atoms with van der Waals surface area (Å²) in [6, 6.07) is 5.35. The number of carbonyl (C=O) groups excluding carboxylic acids is 1. The van der Waals surface area contributed by atoms with Crippen molar-refractivity contribution in [3.63, 3.8) is 0 Å². The molecule has 1 aromatic heterocycles. The summed E-state index contributed by atoms with van der Waals surface area (Å²) in [6.45, 7) is 3.65. The Morgan fingerprint density at radius 1 is 1.32 bits per heavy atom. The summed E-state index contributed by atoms with van der Waals surface area (Å²) in [5.41, 5.74) is 1.27. The molecule has 0 atom stereocenters. The Labute approximate surface area is 151 Å². The van der Waals surface area contributed by atoms with Crippen molar-refractivity contribution in [3.05, 3.63) is 28.8 Å². The Morgan fingerprint density at radius 2 is 2.04 bits per heavy atom. The van der Waals surface area contributed by atoms with E-state index in [1.807, 2.05) is 13.0 Å². The fourth-order valence-corrected chi connectivity index (χ4v) is 3.57. The molecule has 0 amide bonds. The number of thiazole rings is 1. The number of aromatic nitrogens is 1. The number of ether oxygens (including phenoxy) is 2. The van der Waals surface area contributed by atoms with E-state index in [9.17, 15) is 13.2 Å². The topological polar surface area (TPSA) is 94.6 Å². The van der Waals surface area contributed by atoms with Crippen LogP contribution in [0.15, 0.2) is 18.2 Å². The number of methoxy groups -OCH3 is 1. The highest BCUT2D eigenvalue weighted by Crippen LogP contribution is 2.35. The molecule has 9 heteroatoms. The third kappa shape index (κ3) is 5.25. The molecule has 2 rings (SSSR count). The Morgan fingerprint density at radius 3 is 2.60 bits per heavy atom. The number of nitrogens with one attached hydrogen (secondary N) is 1. The average molecular weight is 384 g/mol. The standard InChI is InChI=1S/C16H20N2O5S2/c1-10(19)15-11(2)24-16(18-15)12-5-6-13(22-3)14(9-12)23-8-7-17-25(4,20)21/h5-6,9,17H,7-8H2,1-4H3. The Hall–Kier alpha value is -1.97. The van der Waals surface area contributed by atoms with Gasteiger partial charge >= 0.3 is 0 Å². The lowest BCUT2D eigenvalue weighted by molar-refractivity contribution is 0.101. The quantitative estimate of drug-likeness (QED) is 0.554. The maximum atomic E-state index is 11.6. The van der Waals surface area contributed by atoms with Crippen molar-refractivity contribution < 1.29 is 22.7 Å². The summed E-state index contributed by atoms with van der Waals surface area (Å²) in [5.74, 6) is 0.938. The average Bonchev–Trinajstić information content (AvgIpc) is 2.92. The van der Waals surface area contributed by atoms with Gasteiger partial charge in [-0.1, -0.05) is 0 Å². The first-order chi connectivity index (χ1) is 11.7. The van der Waals surface area contributed by atoms with Gasteiger partial charge in [0.25, 0.3) is 0 Å². The molecular weight excluding hydrogens is 364 g/mol. The molecule has 136 valence electrons. The second-order valence-electron chi connectivity index (χ2n) is 5.36.